The van der Waals surface area contributed by atoms with Gasteiger partial charge in [-0.05, 0) is 28.1 Å². The summed E-state index contributed by atoms with van der Waals surface area (Å²) in [6.45, 7) is 0. The van der Waals surface area contributed by atoms with Crippen LogP contribution in [0, 0.1) is 5.92 Å². The van der Waals surface area contributed by atoms with Crippen LogP contribution in [0.4, 0.5) is 0 Å². The Kier molecular flexibility index (Phi) is 4.45. The molecule has 0 fully saturated rings. The molecule has 1 aliphatic carbocycles. The molecular weight excluding hydrogens is 376 g/mol. The van der Waals surface area contributed by atoms with Gasteiger partial charge in [0.05, 0.1) is 5.92 Å². The van der Waals surface area contributed by atoms with Crippen molar-refractivity contribution >= 4 is 22.9 Å². The summed E-state index contributed by atoms with van der Waals surface area (Å²) in [6.07, 6.45) is 0. The molecular formula is C26H18O2S. The Hall–Kier alpha value is -3.30. The third-order valence-electron chi connectivity index (χ3n) is 5.58. The second-order valence-corrected chi connectivity index (χ2v) is 8.15. The molecule has 1 heterocycles. The van der Waals surface area contributed by atoms with Crippen molar-refractivity contribution in [3.05, 3.63) is 118 Å². The van der Waals surface area contributed by atoms with E-state index in [9.17, 15) is 9.59 Å². The SMILES string of the molecule is O=C(c1ccccc1)C(C(=O)c1ccccc1)C1c2ccccc2-c2ccsc21. The molecule has 29 heavy (non-hydrogen) atoms. The molecule has 3 heteroatoms. The van der Waals surface area contributed by atoms with Crippen LogP contribution in [0.25, 0.3) is 11.1 Å². The number of carbonyl (C=O) groups excluding carboxylic acids is 2. The average molecular weight is 394 g/mol. The van der Waals surface area contributed by atoms with Crippen LogP contribution in [-0.2, 0) is 0 Å². The van der Waals surface area contributed by atoms with E-state index in [2.05, 4.69) is 18.2 Å². The largest absolute Gasteiger partial charge is 0.293 e. The number of hydrogen-bond donors (Lipinski definition) is 0. The van der Waals surface area contributed by atoms with Gasteiger partial charge in [-0.25, -0.2) is 0 Å². The Balaban J connectivity index is 1.69. The minimum absolute atomic E-state index is 0.125. The molecule has 5 rings (SSSR count). The summed E-state index contributed by atoms with van der Waals surface area (Å²) >= 11 is 1.63. The Bertz CT molecular complexity index is 1140. The van der Waals surface area contributed by atoms with Gasteiger partial charge in [-0.3, -0.25) is 9.59 Å². The van der Waals surface area contributed by atoms with Crippen molar-refractivity contribution in [3.8, 4) is 11.1 Å². The van der Waals surface area contributed by atoms with Crippen molar-refractivity contribution in [2.75, 3.05) is 0 Å². The van der Waals surface area contributed by atoms with E-state index >= 15 is 0 Å². The number of fused-ring (bicyclic) bond motifs is 3. The minimum atomic E-state index is -0.791. The zero-order chi connectivity index (χ0) is 19.8. The highest BCUT2D eigenvalue weighted by Gasteiger charge is 2.43. The van der Waals surface area contributed by atoms with Gasteiger partial charge in [-0.1, -0.05) is 84.9 Å². The van der Waals surface area contributed by atoms with Crippen molar-refractivity contribution in [3.63, 3.8) is 0 Å². The topological polar surface area (TPSA) is 34.1 Å². The monoisotopic (exact) mass is 394 g/mol. The average Bonchev–Trinajstić information content (AvgIpc) is 3.37. The molecule has 0 saturated heterocycles. The van der Waals surface area contributed by atoms with Gasteiger partial charge in [0.1, 0.15) is 0 Å². The molecule has 0 N–H and O–H groups in total. The molecule has 2 nitrogen and oxygen atoms in total. The maximum Gasteiger partial charge on any atom is 0.174 e. The van der Waals surface area contributed by atoms with Crippen LogP contribution in [0.1, 0.15) is 37.1 Å². The van der Waals surface area contributed by atoms with E-state index in [1.54, 1.807) is 35.6 Å². The fourth-order valence-corrected chi connectivity index (χ4v) is 5.32. The fraction of sp³-hybridized carbons (Fsp3) is 0.0769. The highest BCUT2D eigenvalue weighted by Crippen LogP contribution is 2.51. The lowest BCUT2D eigenvalue weighted by Crippen LogP contribution is -2.30. The Labute approximate surface area is 173 Å². The van der Waals surface area contributed by atoms with Crippen molar-refractivity contribution < 1.29 is 9.59 Å². The number of hydrogen-bond acceptors (Lipinski definition) is 3. The summed E-state index contributed by atoms with van der Waals surface area (Å²) in [4.78, 5) is 28.4. The first kappa shape index (κ1) is 17.8. The van der Waals surface area contributed by atoms with Crippen LogP contribution < -0.4 is 0 Å². The standard InChI is InChI=1S/C26H18O2S/c27-24(17-9-3-1-4-10-17)23(25(28)18-11-5-2-6-12-18)22-20-14-8-7-13-19(20)21-15-16-29-26(21)22/h1-16,22-23H. The Morgan fingerprint density at radius 1 is 0.655 bits per heavy atom. The van der Waals surface area contributed by atoms with Gasteiger partial charge < -0.3 is 0 Å². The smallest absolute Gasteiger partial charge is 0.174 e. The number of thiophene rings is 1. The van der Waals surface area contributed by atoms with Gasteiger partial charge in [0, 0.05) is 21.9 Å². The van der Waals surface area contributed by atoms with Gasteiger partial charge in [-0.15, -0.1) is 11.3 Å². The molecule has 140 valence electrons. The highest BCUT2D eigenvalue weighted by molar-refractivity contribution is 7.10. The predicted octanol–water partition coefficient (Wildman–Crippen LogP) is 6.24. The first-order valence-electron chi connectivity index (χ1n) is 9.61. The Morgan fingerprint density at radius 3 is 1.83 bits per heavy atom. The minimum Gasteiger partial charge on any atom is -0.293 e. The van der Waals surface area contributed by atoms with E-state index in [0.29, 0.717) is 11.1 Å². The van der Waals surface area contributed by atoms with Gasteiger partial charge in [0.15, 0.2) is 11.6 Å². The van der Waals surface area contributed by atoms with E-state index in [1.807, 2.05) is 53.9 Å². The van der Waals surface area contributed by atoms with Gasteiger partial charge in [0.25, 0.3) is 0 Å². The first-order chi connectivity index (χ1) is 14.3. The summed E-state index contributed by atoms with van der Waals surface area (Å²) < 4.78 is 0. The summed E-state index contributed by atoms with van der Waals surface area (Å²) in [5.74, 6) is -1.30. The molecule has 0 radical (unpaired) electrons. The van der Waals surface area contributed by atoms with Crippen molar-refractivity contribution in [2.45, 2.75) is 5.92 Å². The third-order valence-corrected chi connectivity index (χ3v) is 6.58. The maximum atomic E-state index is 13.7. The number of Topliss-reactive ketones (excluding diaryl/α,β-unsaturated/α-hetero) is 2. The zero-order valence-electron chi connectivity index (χ0n) is 15.6. The Morgan fingerprint density at radius 2 is 1.21 bits per heavy atom. The van der Waals surface area contributed by atoms with Crippen LogP contribution >= 0.6 is 11.3 Å². The van der Waals surface area contributed by atoms with Crippen molar-refractivity contribution in [1.82, 2.24) is 0 Å². The molecule has 0 bridgehead atoms. The summed E-state index contributed by atoms with van der Waals surface area (Å²) in [5, 5.41) is 2.05. The molecule has 0 aliphatic heterocycles. The van der Waals surface area contributed by atoms with E-state index in [0.717, 1.165) is 21.6 Å². The lowest BCUT2D eigenvalue weighted by Gasteiger charge is -2.23. The quantitative estimate of drug-likeness (QED) is 0.296. The van der Waals surface area contributed by atoms with Crippen molar-refractivity contribution in [2.24, 2.45) is 5.92 Å². The second kappa shape index (κ2) is 7.26. The molecule has 1 aromatic heterocycles. The summed E-state index contributed by atoms with van der Waals surface area (Å²) in [6, 6.07) is 28.5. The molecule has 1 unspecified atom stereocenters. The molecule has 1 aliphatic rings. The molecule has 0 spiro atoms. The zero-order valence-corrected chi connectivity index (χ0v) is 16.4. The lowest BCUT2D eigenvalue weighted by atomic mass is 9.78. The normalized spacial score (nSPS) is 14.4. The van der Waals surface area contributed by atoms with Crippen LogP contribution in [0.5, 0.6) is 0 Å². The van der Waals surface area contributed by atoms with E-state index < -0.39 is 5.92 Å². The van der Waals surface area contributed by atoms with Crippen LogP contribution in [0.3, 0.4) is 0 Å². The maximum absolute atomic E-state index is 13.7. The lowest BCUT2D eigenvalue weighted by molar-refractivity contribution is 0.0795. The number of rotatable bonds is 5. The van der Waals surface area contributed by atoms with Crippen LogP contribution in [0.2, 0.25) is 0 Å². The van der Waals surface area contributed by atoms with Gasteiger partial charge >= 0.3 is 0 Å². The molecule has 0 amide bonds. The van der Waals surface area contributed by atoms with Gasteiger partial charge in [0.2, 0.25) is 0 Å². The van der Waals surface area contributed by atoms with E-state index in [-0.39, 0.29) is 17.5 Å². The van der Waals surface area contributed by atoms with Gasteiger partial charge in [-0.2, -0.15) is 0 Å². The van der Waals surface area contributed by atoms with E-state index in [1.165, 1.54) is 0 Å². The summed E-state index contributed by atoms with van der Waals surface area (Å²) in [5.41, 5.74) is 4.48. The highest BCUT2D eigenvalue weighted by atomic mass is 32.1. The first-order valence-corrected chi connectivity index (χ1v) is 10.5. The van der Waals surface area contributed by atoms with E-state index in [4.69, 9.17) is 0 Å². The molecule has 4 aromatic rings. The summed E-state index contributed by atoms with van der Waals surface area (Å²) in [7, 11) is 0. The number of carbonyl (C=O) groups is 2. The third kappa shape index (κ3) is 2.95. The van der Waals surface area contributed by atoms with Crippen molar-refractivity contribution in [1.29, 1.82) is 0 Å². The fourth-order valence-electron chi connectivity index (χ4n) is 4.26. The predicted molar refractivity (Wildman–Crippen MR) is 117 cm³/mol. The molecule has 0 saturated carbocycles. The van der Waals surface area contributed by atoms with Crippen LogP contribution in [0.15, 0.2) is 96.4 Å². The molecule has 1 atom stereocenters. The number of benzene rings is 3. The number of ketones is 2. The second-order valence-electron chi connectivity index (χ2n) is 7.20. The molecule has 3 aromatic carbocycles. The van der Waals surface area contributed by atoms with Crippen LogP contribution in [-0.4, -0.2) is 11.6 Å².